The molecule has 3 atom stereocenters. The molecule has 1 saturated carbocycles. The Morgan fingerprint density at radius 1 is 0.855 bits per heavy atom. The third-order valence-electron chi connectivity index (χ3n) is 10.9. The molecule has 3 aliphatic heterocycles. The van der Waals surface area contributed by atoms with Gasteiger partial charge in [-0.3, -0.25) is 34.2 Å². The number of anilines is 2. The third kappa shape index (κ3) is 8.77. The van der Waals surface area contributed by atoms with E-state index >= 15 is 0 Å². The third-order valence-corrected chi connectivity index (χ3v) is 11.2. The number of imide groups is 2. The molecular formula is C41H44ClN7O6. The lowest BCUT2D eigenvalue weighted by Gasteiger charge is -2.34. The monoisotopic (exact) mass is 765 g/mol. The van der Waals surface area contributed by atoms with Crippen LogP contribution in [0, 0.1) is 11.3 Å². The number of piperidine rings is 2. The van der Waals surface area contributed by atoms with Crippen LogP contribution in [-0.2, 0) is 9.59 Å². The van der Waals surface area contributed by atoms with Crippen molar-refractivity contribution in [1.29, 1.82) is 5.26 Å². The average Bonchev–Trinajstić information content (AvgIpc) is 3.29. The van der Waals surface area contributed by atoms with E-state index in [2.05, 4.69) is 32.2 Å². The first-order valence-electron chi connectivity index (χ1n) is 19.0. The zero-order chi connectivity index (χ0) is 38.5. The Hall–Kier alpha value is -5.45. The normalized spacial score (nSPS) is 21.7. The van der Waals surface area contributed by atoms with Crippen LogP contribution in [0.3, 0.4) is 0 Å². The van der Waals surface area contributed by atoms with Gasteiger partial charge in [0.25, 0.3) is 17.7 Å². The van der Waals surface area contributed by atoms with Crippen molar-refractivity contribution < 1.29 is 28.7 Å². The van der Waals surface area contributed by atoms with Crippen molar-refractivity contribution in [2.24, 2.45) is 0 Å². The number of nitrogens with zero attached hydrogens (tertiary/aromatic N) is 3. The van der Waals surface area contributed by atoms with Gasteiger partial charge in [-0.15, -0.1) is 0 Å². The molecule has 55 heavy (non-hydrogen) atoms. The molecule has 1 aliphatic carbocycles. The van der Waals surface area contributed by atoms with E-state index in [1.54, 1.807) is 36.4 Å². The highest BCUT2D eigenvalue weighted by atomic mass is 35.5. The number of carbonyl (C=O) groups excluding carboxylic acids is 5. The second kappa shape index (κ2) is 16.9. The van der Waals surface area contributed by atoms with Gasteiger partial charge in [0.05, 0.1) is 27.8 Å². The van der Waals surface area contributed by atoms with Crippen LogP contribution in [-0.4, -0.2) is 84.8 Å². The first kappa shape index (κ1) is 37.8. The maximum absolute atomic E-state index is 13.1. The molecule has 3 aromatic carbocycles. The Morgan fingerprint density at radius 3 is 2.38 bits per heavy atom. The lowest BCUT2D eigenvalue weighted by molar-refractivity contribution is -0.136. The largest absolute Gasteiger partial charge is 0.490 e. The predicted molar refractivity (Wildman–Crippen MR) is 206 cm³/mol. The summed E-state index contributed by atoms with van der Waals surface area (Å²) in [7, 11) is 0. The Kier molecular flexibility index (Phi) is 11.6. The summed E-state index contributed by atoms with van der Waals surface area (Å²) in [6.45, 7) is 3.11. The molecule has 0 radical (unpaired) electrons. The smallest absolute Gasteiger partial charge is 0.262 e. The highest BCUT2D eigenvalue weighted by molar-refractivity contribution is 6.31. The van der Waals surface area contributed by atoms with Crippen LogP contribution in [0.5, 0.6) is 5.75 Å². The molecule has 286 valence electrons. The average molecular weight is 766 g/mol. The van der Waals surface area contributed by atoms with Gasteiger partial charge >= 0.3 is 0 Å². The molecule has 3 fully saturated rings. The number of hydrogen-bond donors (Lipinski definition) is 4. The van der Waals surface area contributed by atoms with E-state index in [-0.39, 0.29) is 42.0 Å². The van der Waals surface area contributed by atoms with Gasteiger partial charge in [0.15, 0.2) is 0 Å². The molecule has 13 nitrogen and oxygen atoms in total. The number of fused-ring (bicyclic) bond motifs is 1. The van der Waals surface area contributed by atoms with Crippen LogP contribution in [0.4, 0.5) is 11.4 Å². The minimum absolute atomic E-state index is 0.0294. The first-order valence-corrected chi connectivity index (χ1v) is 19.4. The maximum atomic E-state index is 13.1. The molecule has 7 rings (SSSR count). The number of benzene rings is 3. The van der Waals surface area contributed by atoms with Gasteiger partial charge in [-0.25, -0.2) is 0 Å². The molecule has 0 spiro atoms. The van der Waals surface area contributed by atoms with Gasteiger partial charge in [0, 0.05) is 67.7 Å². The molecule has 0 bridgehead atoms. The molecule has 5 amide bonds. The van der Waals surface area contributed by atoms with Crippen LogP contribution in [0.25, 0.3) is 0 Å². The summed E-state index contributed by atoms with van der Waals surface area (Å²) < 4.78 is 6.16. The number of ether oxygens (including phenoxy) is 1. The topological polar surface area (TPSA) is 173 Å². The van der Waals surface area contributed by atoms with Crippen LogP contribution in [0.15, 0.2) is 60.7 Å². The molecular weight excluding hydrogens is 722 g/mol. The van der Waals surface area contributed by atoms with E-state index in [0.717, 1.165) is 68.6 Å². The van der Waals surface area contributed by atoms with Crippen molar-refractivity contribution in [3.63, 3.8) is 0 Å². The van der Waals surface area contributed by atoms with Crippen LogP contribution >= 0.6 is 11.6 Å². The lowest BCUT2D eigenvalue weighted by Crippen LogP contribution is -2.54. The van der Waals surface area contributed by atoms with E-state index in [1.165, 1.54) is 0 Å². The number of carbonyl (C=O) groups is 5. The van der Waals surface area contributed by atoms with E-state index in [1.807, 2.05) is 24.3 Å². The number of hydrogen-bond acceptors (Lipinski definition) is 10. The summed E-state index contributed by atoms with van der Waals surface area (Å²) in [5.74, 6) is -1.48. The number of rotatable bonds is 11. The minimum atomic E-state index is -0.985. The predicted octanol–water partition coefficient (Wildman–Crippen LogP) is 4.79. The minimum Gasteiger partial charge on any atom is -0.490 e. The second-order valence-electron chi connectivity index (χ2n) is 14.6. The fourth-order valence-corrected chi connectivity index (χ4v) is 8.09. The fraction of sp³-hybridized carbons (Fsp3) is 0.415. The molecule has 2 saturated heterocycles. The van der Waals surface area contributed by atoms with E-state index in [9.17, 15) is 24.0 Å². The summed E-state index contributed by atoms with van der Waals surface area (Å²) >= 11 is 6.17. The SMILES string of the molecule is N#Cc1ccc(O[C@@H]2CCC[C@@H](NC(=O)c3ccc(N4CCC(NCCNc5ccc6c(c5)C(=O)N(C5CCC(=O)NC5=O)C6=O)CC4)cc3)CC2)cc1Cl. The Bertz CT molecular complexity index is 2010. The number of nitrogens with one attached hydrogen (secondary N) is 4. The number of amides is 5. The summed E-state index contributed by atoms with van der Waals surface area (Å²) in [6.07, 6.45) is 6.53. The summed E-state index contributed by atoms with van der Waals surface area (Å²) in [4.78, 5) is 66.4. The lowest BCUT2D eigenvalue weighted by atomic mass is 10.0. The molecule has 4 aliphatic rings. The summed E-state index contributed by atoms with van der Waals surface area (Å²) in [5, 5.41) is 21.9. The van der Waals surface area contributed by atoms with Crippen molar-refractivity contribution in [3.05, 3.63) is 87.9 Å². The summed E-state index contributed by atoms with van der Waals surface area (Å²) in [5.41, 5.74) is 3.37. The Labute approximate surface area is 324 Å². The van der Waals surface area contributed by atoms with Crippen molar-refractivity contribution in [1.82, 2.24) is 20.9 Å². The number of nitriles is 1. The van der Waals surface area contributed by atoms with Crippen LogP contribution in [0.1, 0.15) is 94.4 Å². The van der Waals surface area contributed by atoms with Crippen LogP contribution in [0.2, 0.25) is 5.02 Å². The fourth-order valence-electron chi connectivity index (χ4n) is 7.88. The standard InChI is InChI=1S/C41H44ClN7O6/c42-35-23-32(11-6-26(35)24-43)55-31-3-1-2-28(7-12-31)46-38(51)25-4-9-30(10-5-25)48-20-16-27(17-21-48)44-18-19-45-29-8-13-33-34(22-29)41(54)49(40(33)53)36-14-15-37(50)47-39(36)52/h4-6,8-11,13,22-23,27-28,31,36,44-45H,1-3,7,12,14-21H2,(H,46,51)(H,47,50,52)/t28-,31-,36?/m1/s1. The Morgan fingerprint density at radius 2 is 1.64 bits per heavy atom. The molecule has 4 N–H and O–H groups in total. The quantitative estimate of drug-likeness (QED) is 0.121. The summed E-state index contributed by atoms with van der Waals surface area (Å²) in [6, 6.07) is 19.5. The first-order chi connectivity index (χ1) is 26.7. The van der Waals surface area contributed by atoms with Gasteiger partial charge in [0.2, 0.25) is 11.8 Å². The van der Waals surface area contributed by atoms with Crippen molar-refractivity contribution in [2.75, 3.05) is 36.4 Å². The van der Waals surface area contributed by atoms with Crippen molar-refractivity contribution in [3.8, 4) is 11.8 Å². The van der Waals surface area contributed by atoms with E-state index in [4.69, 9.17) is 21.6 Å². The van der Waals surface area contributed by atoms with E-state index in [0.29, 0.717) is 46.7 Å². The molecule has 14 heteroatoms. The van der Waals surface area contributed by atoms with Gasteiger partial charge < -0.3 is 25.6 Å². The molecule has 3 heterocycles. The zero-order valence-corrected chi connectivity index (χ0v) is 31.2. The molecule has 3 aromatic rings. The Balaban J connectivity index is 0.810. The molecule has 0 aromatic heterocycles. The van der Waals surface area contributed by atoms with E-state index < -0.39 is 29.7 Å². The molecule has 1 unspecified atom stereocenters. The highest BCUT2D eigenvalue weighted by Gasteiger charge is 2.44. The van der Waals surface area contributed by atoms with Crippen LogP contribution < -0.4 is 30.9 Å². The van der Waals surface area contributed by atoms with Crippen molar-refractivity contribution >= 4 is 52.5 Å². The van der Waals surface area contributed by atoms with Gasteiger partial charge in [-0.1, -0.05) is 11.6 Å². The number of halogens is 1. The van der Waals surface area contributed by atoms with Gasteiger partial charge in [-0.05, 0) is 106 Å². The van der Waals surface area contributed by atoms with Gasteiger partial charge in [-0.2, -0.15) is 5.26 Å². The van der Waals surface area contributed by atoms with Crippen molar-refractivity contribution in [2.45, 2.75) is 82.0 Å². The second-order valence-corrected chi connectivity index (χ2v) is 15.0. The zero-order valence-electron chi connectivity index (χ0n) is 30.4. The van der Waals surface area contributed by atoms with Gasteiger partial charge in [0.1, 0.15) is 17.9 Å². The highest BCUT2D eigenvalue weighted by Crippen LogP contribution is 2.30. The maximum Gasteiger partial charge on any atom is 0.262 e.